The number of carbonyl (C=O) groups excluding carboxylic acids is 1. The van der Waals surface area contributed by atoms with Crippen molar-refractivity contribution < 1.29 is 9.21 Å². The monoisotopic (exact) mass is 360 g/mol. The Morgan fingerprint density at radius 3 is 2.56 bits per heavy atom. The summed E-state index contributed by atoms with van der Waals surface area (Å²) in [5, 5.41) is 14.9. The first-order valence-electron chi connectivity index (χ1n) is 8.30. The third-order valence-corrected chi connectivity index (χ3v) is 4.04. The van der Waals surface area contributed by atoms with Crippen LogP contribution in [-0.4, -0.2) is 30.9 Å². The summed E-state index contributed by atoms with van der Waals surface area (Å²) in [5.41, 5.74) is 2.64. The molecule has 0 aliphatic carbocycles. The number of hydrogen-bond acceptors (Lipinski definition) is 6. The summed E-state index contributed by atoms with van der Waals surface area (Å²) in [4.78, 5) is 16.9. The second-order valence-electron chi connectivity index (χ2n) is 5.90. The van der Waals surface area contributed by atoms with Crippen molar-refractivity contribution in [3.8, 4) is 17.3 Å². The minimum Gasteiger partial charge on any atom is -0.421 e. The number of carbonyl (C=O) groups is 1. The van der Waals surface area contributed by atoms with Crippen molar-refractivity contribution in [1.82, 2.24) is 25.0 Å². The average Bonchev–Trinajstić information content (AvgIpc) is 3.29. The summed E-state index contributed by atoms with van der Waals surface area (Å²) >= 11 is 0. The normalized spacial score (nSPS) is 10.7. The highest BCUT2D eigenvalue weighted by Gasteiger charge is 2.16. The summed E-state index contributed by atoms with van der Waals surface area (Å²) < 4.78 is 7.03. The Morgan fingerprint density at radius 2 is 1.89 bits per heavy atom. The standard InChI is InChI=1S/C19H16N6O2/c1-12-16(11-21-25(12)17-5-3-4-10-20-17)18(26)22-15-8-6-14(7-9-15)19-24-23-13(2)27-19/h3-11H,1-2H3,(H,22,26). The van der Waals surface area contributed by atoms with E-state index < -0.39 is 0 Å². The Hall–Kier alpha value is -3.81. The SMILES string of the molecule is Cc1nnc(-c2ccc(NC(=O)c3cnn(-c4ccccn4)c3C)cc2)o1. The van der Waals surface area contributed by atoms with Crippen molar-refractivity contribution in [3.05, 3.63) is 72.0 Å². The number of nitrogens with zero attached hydrogens (tertiary/aromatic N) is 5. The van der Waals surface area contributed by atoms with Crippen LogP contribution in [0.25, 0.3) is 17.3 Å². The van der Waals surface area contributed by atoms with E-state index in [9.17, 15) is 4.79 Å². The van der Waals surface area contributed by atoms with Gasteiger partial charge in [-0.05, 0) is 43.3 Å². The predicted octanol–water partition coefficient (Wildman–Crippen LogP) is 3.19. The second-order valence-corrected chi connectivity index (χ2v) is 5.90. The van der Waals surface area contributed by atoms with Crippen LogP contribution >= 0.6 is 0 Å². The first kappa shape index (κ1) is 16.6. The number of amides is 1. The van der Waals surface area contributed by atoms with Gasteiger partial charge in [0.2, 0.25) is 11.8 Å². The Balaban J connectivity index is 1.52. The molecule has 3 aromatic heterocycles. The quantitative estimate of drug-likeness (QED) is 0.600. The van der Waals surface area contributed by atoms with Gasteiger partial charge in [-0.2, -0.15) is 5.10 Å². The van der Waals surface area contributed by atoms with Gasteiger partial charge in [0.1, 0.15) is 0 Å². The highest BCUT2D eigenvalue weighted by atomic mass is 16.4. The zero-order chi connectivity index (χ0) is 18.8. The third kappa shape index (κ3) is 3.32. The molecule has 4 aromatic rings. The Bertz CT molecular complexity index is 1080. The van der Waals surface area contributed by atoms with Gasteiger partial charge in [0, 0.05) is 24.4 Å². The molecule has 0 aliphatic heterocycles. The molecule has 0 bridgehead atoms. The topological polar surface area (TPSA) is 98.7 Å². The van der Waals surface area contributed by atoms with E-state index in [0.29, 0.717) is 34.5 Å². The van der Waals surface area contributed by atoms with E-state index in [1.807, 2.05) is 37.3 Å². The lowest BCUT2D eigenvalue weighted by Crippen LogP contribution is -2.13. The van der Waals surface area contributed by atoms with E-state index in [1.165, 1.54) is 6.20 Å². The first-order valence-corrected chi connectivity index (χ1v) is 8.30. The summed E-state index contributed by atoms with van der Waals surface area (Å²) in [5.74, 6) is 1.37. The minimum absolute atomic E-state index is 0.240. The zero-order valence-electron chi connectivity index (χ0n) is 14.7. The molecule has 1 N–H and O–H groups in total. The van der Waals surface area contributed by atoms with Gasteiger partial charge >= 0.3 is 0 Å². The fourth-order valence-electron chi connectivity index (χ4n) is 2.65. The van der Waals surface area contributed by atoms with Crippen LogP contribution in [0.5, 0.6) is 0 Å². The fourth-order valence-corrected chi connectivity index (χ4v) is 2.65. The highest BCUT2D eigenvalue weighted by molar-refractivity contribution is 6.05. The number of rotatable bonds is 4. The predicted molar refractivity (Wildman–Crippen MR) is 98.5 cm³/mol. The van der Waals surface area contributed by atoms with Crippen molar-refractivity contribution >= 4 is 11.6 Å². The summed E-state index contributed by atoms with van der Waals surface area (Å²) in [6, 6.07) is 12.7. The number of pyridine rings is 1. The molecule has 4 rings (SSSR count). The molecule has 1 aromatic carbocycles. The third-order valence-electron chi connectivity index (χ3n) is 4.04. The molecular formula is C19H16N6O2. The summed E-state index contributed by atoms with van der Waals surface area (Å²) in [7, 11) is 0. The van der Waals surface area contributed by atoms with Crippen LogP contribution in [0.15, 0.2) is 59.3 Å². The fraction of sp³-hybridized carbons (Fsp3) is 0.105. The van der Waals surface area contributed by atoms with Crippen LogP contribution in [0.4, 0.5) is 5.69 Å². The van der Waals surface area contributed by atoms with Crippen molar-refractivity contribution in [3.63, 3.8) is 0 Å². The molecule has 0 fully saturated rings. The van der Waals surface area contributed by atoms with Gasteiger partial charge in [-0.25, -0.2) is 9.67 Å². The van der Waals surface area contributed by atoms with Crippen LogP contribution in [0.2, 0.25) is 0 Å². The molecule has 0 saturated heterocycles. The average molecular weight is 360 g/mol. The Kier molecular flexibility index (Phi) is 4.21. The van der Waals surface area contributed by atoms with Gasteiger partial charge in [-0.1, -0.05) is 6.07 Å². The lowest BCUT2D eigenvalue weighted by atomic mass is 10.2. The number of benzene rings is 1. The van der Waals surface area contributed by atoms with E-state index in [1.54, 1.807) is 29.9 Å². The lowest BCUT2D eigenvalue weighted by Gasteiger charge is -2.06. The zero-order valence-corrected chi connectivity index (χ0v) is 14.7. The number of aryl methyl sites for hydroxylation is 1. The molecule has 8 nitrogen and oxygen atoms in total. The van der Waals surface area contributed by atoms with Crippen LogP contribution in [-0.2, 0) is 0 Å². The summed E-state index contributed by atoms with van der Waals surface area (Å²) in [6.07, 6.45) is 3.22. The van der Waals surface area contributed by atoms with E-state index in [4.69, 9.17) is 4.42 Å². The van der Waals surface area contributed by atoms with Crippen LogP contribution in [0.3, 0.4) is 0 Å². The van der Waals surface area contributed by atoms with E-state index in [-0.39, 0.29) is 5.91 Å². The van der Waals surface area contributed by atoms with E-state index in [0.717, 1.165) is 5.56 Å². The van der Waals surface area contributed by atoms with Crippen molar-refractivity contribution in [2.45, 2.75) is 13.8 Å². The molecule has 0 radical (unpaired) electrons. The molecule has 0 saturated carbocycles. The smallest absolute Gasteiger partial charge is 0.259 e. The number of hydrogen-bond donors (Lipinski definition) is 1. The maximum absolute atomic E-state index is 12.6. The van der Waals surface area contributed by atoms with Gasteiger partial charge in [0.25, 0.3) is 5.91 Å². The molecule has 134 valence electrons. The molecule has 8 heteroatoms. The molecular weight excluding hydrogens is 344 g/mol. The molecule has 0 spiro atoms. The molecule has 1 amide bonds. The number of anilines is 1. The number of nitrogens with one attached hydrogen (secondary N) is 1. The van der Waals surface area contributed by atoms with Gasteiger partial charge in [-0.3, -0.25) is 4.79 Å². The van der Waals surface area contributed by atoms with Crippen molar-refractivity contribution in [2.75, 3.05) is 5.32 Å². The second kappa shape index (κ2) is 6.83. The van der Waals surface area contributed by atoms with Crippen LogP contribution < -0.4 is 5.32 Å². The molecule has 3 heterocycles. The molecule has 0 atom stereocenters. The molecule has 27 heavy (non-hydrogen) atoms. The van der Waals surface area contributed by atoms with Crippen LogP contribution in [0, 0.1) is 13.8 Å². The molecule has 0 aliphatic rings. The van der Waals surface area contributed by atoms with Crippen LogP contribution in [0.1, 0.15) is 21.9 Å². The van der Waals surface area contributed by atoms with Crippen molar-refractivity contribution in [2.24, 2.45) is 0 Å². The maximum Gasteiger partial charge on any atom is 0.259 e. The largest absolute Gasteiger partial charge is 0.421 e. The van der Waals surface area contributed by atoms with Gasteiger partial charge in [-0.15, -0.1) is 10.2 Å². The Labute approximate surface area is 154 Å². The van der Waals surface area contributed by atoms with Gasteiger partial charge < -0.3 is 9.73 Å². The maximum atomic E-state index is 12.6. The van der Waals surface area contributed by atoms with Gasteiger partial charge in [0.05, 0.1) is 17.5 Å². The van der Waals surface area contributed by atoms with Gasteiger partial charge in [0.15, 0.2) is 5.82 Å². The van der Waals surface area contributed by atoms with Crippen molar-refractivity contribution in [1.29, 1.82) is 0 Å². The summed E-state index contributed by atoms with van der Waals surface area (Å²) in [6.45, 7) is 3.57. The van der Waals surface area contributed by atoms with E-state index in [2.05, 4.69) is 25.6 Å². The first-order chi connectivity index (χ1) is 13.1. The number of aromatic nitrogens is 5. The molecule has 0 unspecified atom stereocenters. The highest BCUT2D eigenvalue weighted by Crippen LogP contribution is 2.21. The minimum atomic E-state index is -0.240. The Morgan fingerprint density at radius 1 is 1.07 bits per heavy atom. The van der Waals surface area contributed by atoms with E-state index >= 15 is 0 Å². The lowest BCUT2D eigenvalue weighted by molar-refractivity contribution is 0.102.